The van der Waals surface area contributed by atoms with E-state index in [0.717, 1.165) is 62.2 Å². The van der Waals surface area contributed by atoms with Crippen molar-refractivity contribution in [3.05, 3.63) is 60.4 Å². The smallest absolute Gasteiger partial charge is 0.133 e. The average Bonchev–Trinajstić information content (AvgIpc) is 2.92. The van der Waals surface area contributed by atoms with E-state index in [1.54, 1.807) is 12.1 Å². The van der Waals surface area contributed by atoms with Crippen LogP contribution in [0.25, 0.3) is 16.8 Å². The fourth-order valence-electron chi connectivity index (χ4n) is 5.44. The lowest BCUT2D eigenvalue weighted by Gasteiger charge is -2.36. The van der Waals surface area contributed by atoms with Crippen LogP contribution in [-0.4, -0.2) is 66.0 Å². The van der Waals surface area contributed by atoms with Crippen molar-refractivity contribution in [2.75, 3.05) is 39.3 Å². The van der Waals surface area contributed by atoms with Crippen LogP contribution < -0.4 is 4.74 Å². The first-order chi connectivity index (χ1) is 17.8. The molecule has 2 aliphatic rings. The Labute approximate surface area is 220 Å². The van der Waals surface area contributed by atoms with Gasteiger partial charge < -0.3 is 19.6 Å². The summed E-state index contributed by atoms with van der Waals surface area (Å²) in [7, 11) is 0. The molecule has 0 amide bonds. The zero-order chi connectivity index (χ0) is 26.4. The minimum absolute atomic E-state index is 0.308. The third kappa shape index (κ3) is 7.11. The second-order valence-electron chi connectivity index (χ2n) is 10.8. The molecule has 0 saturated carbocycles. The van der Waals surface area contributed by atoms with Gasteiger partial charge in [-0.05, 0) is 92.9 Å². The van der Waals surface area contributed by atoms with Gasteiger partial charge in [0, 0.05) is 30.9 Å². The Morgan fingerprint density at radius 3 is 2.32 bits per heavy atom. The quantitative estimate of drug-likeness (QED) is 0.392. The highest BCUT2D eigenvalue weighted by molar-refractivity contribution is 5.69. The zero-order valence-electron chi connectivity index (χ0n) is 22.4. The molecule has 2 aliphatic heterocycles. The molecule has 1 atom stereocenters. The van der Waals surface area contributed by atoms with Crippen LogP contribution in [0.2, 0.25) is 0 Å². The Balaban J connectivity index is 1.28. The molecule has 37 heavy (non-hydrogen) atoms. The number of benzene rings is 2. The SMILES string of the molecule is C=C(c1ccc(-c2ccc(OCC3CCN(CC(F)(CC)CC)CC3)cc2)cc1F)N1CCCC(O)C1. The highest BCUT2D eigenvalue weighted by atomic mass is 19.1. The monoisotopic (exact) mass is 512 g/mol. The number of alkyl halides is 1. The molecule has 2 aromatic carbocycles. The molecule has 1 unspecified atom stereocenters. The molecule has 2 fully saturated rings. The third-order valence-electron chi connectivity index (χ3n) is 8.21. The number of likely N-dealkylation sites (tertiary alicyclic amines) is 2. The van der Waals surface area contributed by atoms with E-state index in [2.05, 4.69) is 11.5 Å². The number of hydrogen-bond acceptors (Lipinski definition) is 4. The molecule has 0 aromatic heterocycles. The number of nitrogens with zero attached hydrogens (tertiary/aromatic N) is 2. The maximum atomic E-state index is 15.0. The predicted octanol–water partition coefficient (Wildman–Crippen LogP) is 6.54. The van der Waals surface area contributed by atoms with Crippen molar-refractivity contribution in [1.29, 1.82) is 0 Å². The molecule has 2 heterocycles. The molecule has 0 radical (unpaired) electrons. The van der Waals surface area contributed by atoms with Gasteiger partial charge in [0.15, 0.2) is 0 Å². The van der Waals surface area contributed by atoms with Crippen molar-refractivity contribution in [2.45, 2.75) is 64.1 Å². The molecule has 0 aliphatic carbocycles. The van der Waals surface area contributed by atoms with Crippen LogP contribution in [0.3, 0.4) is 0 Å². The van der Waals surface area contributed by atoms with Crippen LogP contribution in [0.15, 0.2) is 49.0 Å². The first kappa shape index (κ1) is 27.6. The molecule has 4 nitrogen and oxygen atoms in total. The largest absolute Gasteiger partial charge is 0.493 e. The first-order valence-electron chi connectivity index (χ1n) is 13.9. The number of aliphatic hydroxyl groups is 1. The molecular weight excluding hydrogens is 470 g/mol. The lowest BCUT2D eigenvalue weighted by Crippen LogP contribution is -2.44. The van der Waals surface area contributed by atoms with E-state index in [1.165, 1.54) is 0 Å². The summed E-state index contributed by atoms with van der Waals surface area (Å²) in [6, 6.07) is 13.0. The summed E-state index contributed by atoms with van der Waals surface area (Å²) in [6.45, 7) is 12.3. The van der Waals surface area contributed by atoms with E-state index in [4.69, 9.17) is 4.74 Å². The molecule has 1 N–H and O–H groups in total. The van der Waals surface area contributed by atoms with Gasteiger partial charge in [-0.25, -0.2) is 8.78 Å². The third-order valence-corrected chi connectivity index (χ3v) is 8.21. The van der Waals surface area contributed by atoms with Crippen molar-refractivity contribution in [3.63, 3.8) is 0 Å². The van der Waals surface area contributed by atoms with E-state index in [1.807, 2.05) is 49.1 Å². The summed E-state index contributed by atoms with van der Waals surface area (Å²) in [5.41, 5.74) is 1.75. The molecule has 202 valence electrons. The van der Waals surface area contributed by atoms with E-state index in [9.17, 15) is 9.50 Å². The highest BCUT2D eigenvalue weighted by Gasteiger charge is 2.30. The van der Waals surface area contributed by atoms with Crippen molar-refractivity contribution in [2.24, 2.45) is 5.92 Å². The zero-order valence-corrected chi connectivity index (χ0v) is 22.4. The number of piperidine rings is 2. The lowest BCUT2D eigenvalue weighted by molar-refractivity contribution is 0.0568. The predicted molar refractivity (Wildman–Crippen MR) is 147 cm³/mol. The number of β-amino-alcohol motifs (C(OH)–C–C–N with tert-alkyl or cyclic N) is 1. The number of ether oxygens (including phenoxy) is 1. The summed E-state index contributed by atoms with van der Waals surface area (Å²) in [6.07, 6.45) is 4.46. The summed E-state index contributed by atoms with van der Waals surface area (Å²) >= 11 is 0. The number of hydrogen-bond donors (Lipinski definition) is 1. The molecule has 6 heteroatoms. The molecular formula is C31H42F2N2O2. The summed E-state index contributed by atoms with van der Waals surface area (Å²) in [5, 5.41) is 9.94. The van der Waals surface area contributed by atoms with Crippen LogP contribution in [0.4, 0.5) is 8.78 Å². The van der Waals surface area contributed by atoms with Gasteiger partial charge in [0.05, 0.1) is 12.7 Å². The number of rotatable bonds is 10. The summed E-state index contributed by atoms with van der Waals surface area (Å²) < 4.78 is 35.8. The van der Waals surface area contributed by atoms with E-state index in [-0.39, 0.29) is 11.9 Å². The number of aliphatic hydroxyl groups excluding tert-OH is 1. The minimum atomic E-state index is -1.07. The molecule has 2 saturated heterocycles. The standard InChI is InChI=1S/C31H42F2N2O2/c1-4-31(33,5-2)22-34-17-14-24(15-18-34)21-37-28-11-8-25(9-12-28)26-10-13-29(30(32)19-26)23(3)35-16-6-7-27(36)20-35/h8-13,19,24,27,36H,3-7,14-18,20-22H2,1-2H3. The second kappa shape index (κ2) is 12.4. The fraction of sp³-hybridized carbons (Fsp3) is 0.548. The fourth-order valence-corrected chi connectivity index (χ4v) is 5.44. The van der Waals surface area contributed by atoms with E-state index < -0.39 is 5.67 Å². The van der Waals surface area contributed by atoms with Crippen molar-refractivity contribution in [1.82, 2.24) is 9.80 Å². The maximum absolute atomic E-state index is 15.0. The van der Waals surface area contributed by atoms with Crippen molar-refractivity contribution in [3.8, 4) is 16.9 Å². The Bertz CT molecular complexity index is 1030. The Kier molecular flexibility index (Phi) is 9.25. The summed E-state index contributed by atoms with van der Waals surface area (Å²) in [5.74, 6) is 0.973. The van der Waals surface area contributed by atoms with Crippen LogP contribution in [-0.2, 0) is 0 Å². The Morgan fingerprint density at radius 1 is 1.03 bits per heavy atom. The van der Waals surface area contributed by atoms with Gasteiger partial charge in [0.25, 0.3) is 0 Å². The minimum Gasteiger partial charge on any atom is -0.493 e. The highest BCUT2D eigenvalue weighted by Crippen LogP contribution is 2.30. The summed E-state index contributed by atoms with van der Waals surface area (Å²) in [4.78, 5) is 4.22. The molecule has 4 rings (SSSR count). The Morgan fingerprint density at radius 2 is 1.70 bits per heavy atom. The van der Waals surface area contributed by atoms with Gasteiger partial charge in [-0.15, -0.1) is 0 Å². The van der Waals surface area contributed by atoms with Gasteiger partial charge in [0.2, 0.25) is 0 Å². The van der Waals surface area contributed by atoms with Crippen molar-refractivity contribution >= 4 is 5.70 Å². The van der Waals surface area contributed by atoms with Gasteiger partial charge >= 0.3 is 0 Å². The van der Waals surface area contributed by atoms with Crippen molar-refractivity contribution < 1.29 is 18.6 Å². The normalized spacial score (nSPS) is 19.7. The van der Waals surface area contributed by atoms with E-state index in [0.29, 0.717) is 49.7 Å². The second-order valence-corrected chi connectivity index (χ2v) is 10.8. The van der Waals surface area contributed by atoms with Gasteiger partial charge in [-0.1, -0.05) is 38.6 Å². The molecule has 0 spiro atoms. The lowest BCUT2D eigenvalue weighted by atomic mass is 9.94. The number of halogens is 2. The van der Waals surface area contributed by atoms with Crippen LogP contribution in [0, 0.1) is 11.7 Å². The molecule has 0 bridgehead atoms. The first-order valence-corrected chi connectivity index (χ1v) is 13.9. The molecule has 2 aromatic rings. The average molecular weight is 513 g/mol. The Hall–Kier alpha value is -2.44. The van der Waals surface area contributed by atoms with Gasteiger partial charge in [-0.2, -0.15) is 0 Å². The van der Waals surface area contributed by atoms with Crippen LogP contribution in [0.5, 0.6) is 5.75 Å². The van der Waals surface area contributed by atoms with Crippen LogP contribution in [0.1, 0.15) is 57.9 Å². The van der Waals surface area contributed by atoms with E-state index >= 15 is 4.39 Å². The van der Waals surface area contributed by atoms with Crippen LogP contribution >= 0.6 is 0 Å². The van der Waals surface area contributed by atoms with Gasteiger partial charge in [-0.3, -0.25) is 0 Å². The maximum Gasteiger partial charge on any atom is 0.133 e. The van der Waals surface area contributed by atoms with Gasteiger partial charge in [0.1, 0.15) is 17.2 Å². The topological polar surface area (TPSA) is 35.9 Å².